The van der Waals surface area contributed by atoms with Gasteiger partial charge in [-0.05, 0) is 34.9 Å². The number of pyridine rings is 1. The van der Waals surface area contributed by atoms with Crippen LogP contribution in [0.5, 0.6) is 0 Å². The molecule has 0 atom stereocenters. The first-order valence-corrected chi connectivity index (χ1v) is 9.74. The largest absolute Gasteiger partial charge is 0.302 e. The number of para-hydroxylation sites is 1. The Morgan fingerprint density at radius 2 is 1.58 bits per heavy atom. The highest BCUT2D eigenvalue weighted by atomic mass is 16.6. The average Bonchev–Trinajstić information content (AvgIpc) is 2.83. The van der Waals surface area contributed by atoms with Crippen LogP contribution < -0.4 is 4.90 Å². The Hall–Kier alpha value is -4.32. The van der Waals surface area contributed by atoms with Crippen LogP contribution in [0.1, 0.15) is 15.9 Å². The first-order valence-electron chi connectivity index (χ1n) is 9.74. The molecule has 6 heteroatoms. The molecule has 0 bridgehead atoms. The van der Waals surface area contributed by atoms with Crippen molar-refractivity contribution in [1.82, 2.24) is 4.98 Å². The molecular formula is C25H19N3O3. The molecule has 1 aromatic heterocycles. The molecule has 4 aromatic rings. The van der Waals surface area contributed by atoms with Crippen molar-refractivity contribution in [2.45, 2.75) is 6.54 Å². The summed E-state index contributed by atoms with van der Waals surface area (Å²) in [6.45, 7) is 0.238. The van der Waals surface area contributed by atoms with E-state index in [-0.39, 0.29) is 17.8 Å². The van der Waals surface area contributed by atoms with Crippen molar-refractivity contribution in [2.24, 2.45) is 0 Å². The Kier molecular flexibility index (Phi) is 5.80. The van der Waals surface area contributed by atoms with Crippen LogP contribution in [0, 0.1) is 10.1 Å². The molecule has 0 N–H and O–H groups in total. The molecule has 31 heavy (non-hydrogen) atoms. The minimum absolute atomic E-state index is 0.0357. The molecule has 0 unspecified atom stereocenters. The summed E-state index contributed by atoms with van der Waals surface area (Å²) in [6, 6.07) is 27.2. The van der Waals surface area contributed by atoms with Crippen LogP contribution in [0.25, 0.3) is 11.1 Å². The predicted molar refractivity (Wildman–Crippen MR) is 120 cm³/mol. The second-order valence-electron chi connectivity index (χ2n) is 6.90. The fourth-order valence-corrected chi connectivity index (χ4v) is 3.48. The van der Waals surface area contributed by atoms with Gasteiger partial charge in [-0.15, -0.1) is 0 Å². The Bertz CT molecular complexity index is 1210. The van der Waals surface area contributed by atoms with E-state index in [0.717, 1.165) is 16.7 Å². The zero-order chi connectivity index (χ0) is 21.6. The van der Waals surface area contributed by atoms with Gasteiger partial charge < -0.3 is 4.90 Å². The van der Waals surface area contributed by atoms with E-state index in [1.165, 1.54) is 17.0 Å². The number of carbonyl (C=O) groups is 1. The van der Waals surface area contributed by atoms with Gasteiger partial charge in [-0.2, -0.15) is 0 Å². The fourth-order valence-electron chi connectivity index (χ4n) is 3.48. The average molecular weight is 409 g/mol. The number of hydrogen-bond acceptors (Lipinski definition) is 4. The van der Waals surface area contributed by atoms with Crippen LogP contribution in [0.15, 0.2) is 103 Å². The maximum Gasteiger partial charge on any atom is 0.282 e. The Morgan fingerprint density at radius 1 is 0.871 bits per heavy atom. The molecular weight excluding hydrogens is 390 g/mol. The fraction of sp³-hybridized carbons (Fsp3) is 0.0400. The Balaban J connectivity index is 1.79. The molecule has 0 radical (unpaired) electrons. The van der Waals surface area contributed by atoms with Crippen LogP contribution in [0.2, 0.25) is 0 Å². The highest BCUT2D eigenvalue weighted by molar-refractivity contribution is 6.08. The molecule has 0 aliphatic heterocycles. The number of carbonyl (C=O) groups excluding carboxylic acids is 1. The molecule has 0 saturated heterocycles. The summed E-state index contributed by atoms with van der Waals surface area (Å²) in [4.78, 5) is 30.1. The summed E-state index contributed by atoms with van der Waals surface area (Å²) in [6.07, 6.45) is 3.20. The van der Waals surface area contributed by atoms with Crippen molar-refractivity contribution in [3.05, 3.63) is 125 Å². The lowest BCUT2D eigenvalue weighted by Gasteiger charge is -2.24. The van der Waals surface area contributed by atoms with Crippen LogP contribution in [0.4, 0.5) is 11.4 Å². The van der Waals surface area contributed by atoms with E-state index in [9.17, 15) is 14.9 Å². The highest BCUT2D eigenvalue weighted by Crippen LogP contribution is 2.29. The second-order valence-corrected chi connectivity index (χ2v) is 6.90. The van der Waals surface area contributed by atoms with Gasteiger partial charge in [0.15, 0.2) is 0 Å². The van der Waals surface area contributed by atoms with E-state index < -0.39 is 10.8 Å². The maximum atomic E-state index is 13.5. The quantitative estimate of drug-likeness (QED) is 0.311. The van der Waals surface area contributed by atoms with Gasteiger partial charge in [0.2, 0.25) is 0 Å². The third kappa shape index (κ3) is 4.33. The number of benzene rings is 3. The summed E-state index contributed by atoms with van der Waals surface area (Å²) < 4.78 is 0. The molecule has 1 amide bonds. The van der Waals surface area contributed by atoms with E-state index in [4.69, 9.17) is 0 Å². The minimum Gasteiger partial charge on any atom is -0.302 e. The maximum absolute atomic E-state index is 13.5. The molecule has 152 valence electrons. The second kappa shape index (κ2) is 9.00. The summed E-state index contributed by atoms with van der Waals surface area (Å²) in [5, 5.41) is 11.5. The van der Waals surface area contributed by atoms with Gasteiger partial charge >= 0.3 is 0 Å². The van der Waals surface area contributed by atoms with Crippen molar-refractivity contribution in [2.75, 3.05) is 4.90 Å². The van der Waals surface area contributed by atoms with Gasteiger partial charge in [-0.1, -0.05) is 66.7 Å². The molecule has 0 aliphatic rings. The standard InChI is InChI=1S/C25H19N3O3/c29-25(23-14-6-7-15-24(23)28(30)31)27(21-12-8-16-26-17-21)18-20-11-4-5-13-22(20)19-9-2-1-3-10-19/h1-17H,18H2. The number of aromatic nitrogens is 1. The number of nitrogens with zero attached hydrogens (tertiary/aromatic N) is 3. The number of hydrogen-bond donors (Lipinski definition) is 0. The van der Waals surface area contributed by atoms with Gasteiger partial charge in [-0.25, -0.2) is 0 Å². The number of anilines is 1. The van der Waals surface area contributed by atoms with E-state index in [2.05, 4.69) is 4.98 Å². The van der Waals surface area contributed by atoms with Gasteiger partial charge in [0.1, 0.15) is 5.56 Å². The first-order chi connectivity index (χ1) is 15.1. The molecule has 4 rings (SSSR count). The lowest BCUT2D eigenvalue weighted by molar-refractivity contribution is -0.385. The molecule has 6 nitrogen and oxygen atoms in total. The molecule has 3 aromatic carbocycles. The van der Waals surface area contributed by atoms with Gasteiger partial charge in [0, 0.05) is 12.3 Å². The monoisotopic (exact) mass is 409 g/mol. The number of rotatable bonds is 6. The molecule has 0 fully saturated rings. The topological polar surface area (TPSA) is 76.3 Å². The van der Waals surface area contributed by atoms with Gasteiger partial charge in [0.25, 0.3) is 11.6 Å². The zero-order valence-electron chi connectivity index (χ0n) is 16.6. The van der Waals surface area contributed by atoms with Gasteiger partial charge in [-0.3, -0.25) is 19.9 Å². The minimum atomic E-state index is -0.535. The van der Waals surface area contributed by atoms with Crippen molar-refractivity contribution >= 4 is 17.3 Å². The van der Waals surface area contributed by atoms with Crippen molar-refractivity contribution in [3.63, 3.8) is 0 Å². The lowest BCUT2D eigenvalue weighted by atomic mass is 9.99. The zero-order valence-corrected chi connectivity index (χ0v) is 16.6. The van der Waals surface area contributed by atoms with Crippen LogP contribution >= 0.6 is 0 Å². The van der Waals surface area contributed by atoms with Gasteiger partial charge in [0.05, 0.1) is 23.4 Å². The molecule has 0 spiro atoms. The predicted octanol–water partition coefficient (Wildman–Crippen LogP) is 5.50. The van der Waals surface area contributed by atoms with Crippen molar-refractivity contribution in [3.8, 4) is 11.1 Å². The summed E-state index contributed by atoms with van der Waals surface area (Å²) in [5.74, 6) is -0.455. The summed E-state index contributed by atoms with van der Waals surface area (Å²) >= 11 is 0. The SMILES string of the molecule is O=C(c1ccccc1[N+](=O)[O-])N(Cc1ccccc1-c1ccccc1)c1cccnc1. The number of nitro benzene ring substituents is 1. The van der Waals surface area contributed by atoms with Crippen LogP contribution in [0.3, 0.4) is 0 Å². The van der Waals surface area contributed by atoms with E-state index >= 15 is 0 Å². The number of amides is 1. The Labute approximate surface area is 179 Å². The van der Waals surface area contributed by atoms with E-state index in [1.54, 1.807) is 36.7 Å². The Morgan fingerprint density at radius 3 is 2.32 bits per heavy atom. The van der Waals surface area contributed by atoms with Crippen molar-refractivity contribution < 1.29 is 9.72 Å². The molecule has 0 saturated carbocycles. The smallest absolute Gasteiger partial charge is 0.282 e. The highest BCUT2D eigenvalue weighted by Gasteiger charge is 2.26. The normalized spacial score (nSPS) is 10.5. The third-order valence-electron chi connectivity index (χ3n) is 4.96. The third-order valence-corrected chi connectivity index (χ3v) is 4.96. The lowest BCUT2D eigenvalue weighted by Crippen LogP contribution is -2.31. The number of nitro groups is 1. The summed E-state index contributed by atoms with van der Waals surface area (Å²) in [5.41, 5.74) is 3.32. The van der Waals surface area contributed by atoms with Crippen molar-refractivity contribution in [1.29, 1.82) is 0 Å². The molecule has 1 heterocycles. The van der Waals surface area contributed by atoms with E-state index in [1.807, 2.05) is 54.6 Å². The molecule has 0 aliphatic carbocycles. The van der Waals surface area contributed by atoms with Crippen LogP contribution in [-0.2, 0) is 6.54 Å². The van der Waals surface area contributed by atoms with E-state index in [0.29, 0.717) is 5.69 Å². The summed E-state index contributed by atoms with van der Waals surface area (Å²) in [7, 11) is 0. The first kappa shape index (κ1) is 20.0. The van der Waals surface area contributed by atoms with Crippen LogP contribution in [-0.4, -0.2) is 15.8 Å².